The highest BCUT2D eigenvalue weighted by molar-refractivity contribution is 7.16. The maximum Gasteiger partial charge on any atom is 0.262 e. The Labute approximate surface area is 159 Å². The lowest BCUT2D eigenvalue weighted by Crippen LogP contribution is -2.42. The molecule has 1 amide bonds. The molecule has 0 spiro atoms. The number of anilines is 1. The number of hydrogen-bond acceptors (Lipinski definition) is 5. The number of fused-ring (bicyclic) bond motifs is 2. The molecule has 2 N–H and O–H groups in total. The minimum atomic E-state index is -0.319. The van der Waals surface area contributed by atoms with Crippen molar-refractivity contribution in [1.29, 1.82) is 0 Å². The first kappa shape index (κ1) is 17.8. The maximum absolute atomic E-state index is 13.6. The van der Waals surface area contributed by atoms with Crippen molar-refractivity contribution in [2.45, 2.75) is 19.4 Å². The first-order valence-corrected chi connectivity index (χ1v) is 9.66. The van der Waals surface area contributed by atoms with Crippen molar-refractivity contribution in [3.05, 3.63) is 57.7 Å². The van der Waals surface area contributed by atoms with Gasteiger partial charge in [0.1, 0.15) is 10.6 Å². The van der Waals surface area contributed by atoms with Gasteiger partial charge in [0.25, 0.3) is 5.56 Å². The van der Waals surface area contributed by atoms with Crippen LogP contribution in [0.1, 0.15) is 12.0 Å². The van der Waals surface area contributed by atoms with Crippen molar-refractivity contribution < 1.29 is 9.18 Å². The molecule has 1 atom stereocenters. The maximum atomic E-state index is 13.6. The predicted molar refractivity (Wildman–Crippen MR) is 103 cm³/mol. The van der Waals surface area contributed by atoms with Crippen molar-refractivity contribution in [3.63, 3.8) is 0 Å². The third kappa shape index (κ3) is 3.38. The molecular weight excluding hydrogens is 367 g/mol. The summed E-state index contributed by atoms with van der Waals surface area (Å²) in [5.41, 5.74) is 7.18. The van der Waals surface area contributed by atoms with E-state index in [2.05, 4.69) is 4.98 Å². The van der Waals surface area contributed by atoms with Crippen molar-refractivity contribution in [3.8, 4) is 0 Å². The number of rotatable bonds is 4. The summed E-state index contributed by atoms with van der Waals surface area (Å²) in [5.74, 6) is -0.339. The Morgan fingerprint density at radius 2 is 2.22 bits per heavy atom. The van der Waals surface area contributed by atoms with E-state index in [1.54, 1.807) is 17.0 Å². The normalized spacial score (nSPS) is 16.5. The summed E-state index contributed by atoms with van der Waals surface area (Å²) in [6.45, 7) is 1.18. The molecule has 0 saturated heterocycles. The van der Waals surface area contributed by atoms with Gasteiger partial charge in [-0.1, -0.05) is 0 Å². The monoisotopic (exact) mass is 386 g/mol. The van der Waals surface area contributed by atoms with Gasteiger partial charge in [0.05, 0.1) is 11.7 Å². The molecule has 8 heteroatoms. The number of benzene rings is 1. The highest BCUT2D eigenvalue weighted by atomic mass is 32.1. The number of thiophene rings is 1. The molecule has 4 rings (SSSR count). The van der Waals surface area contributed by atoms with Crippen LogP contribution in [-0.2, 0) is 17.8 Å². The number of carbonyl (C=O) groups is 1. The highest BCUT2D eigenvalue weighted by Gasteiger charge is 2.28. The van der Waals surface area contributed by atoms with Crippen LogP contribution in [0.15, 0.2) is 40.8 Å². The molecule has 1 aliphatic heterocycles. The number of carbonyl (C=O) groups excluding carboxylic acids is 1. The molecule has 1 aliphatic rings. The van der Waals surface area contributed by atoms with Crippen LogP contribution < -0.4 is 16.2 Å². The van der Waals surface area contributed by atoms with Crippen molar-refractivity contribution in [1.82, 2.24) is 9.55 Å². The Hall–Kier alpha value is -2.58. The second kappa shape index (κ2) is 7.21. The van der Waals surface area contributed by atoms with Gasteiger partial charge in [-0.25, -0.2) is 9.37 Å². The number of aromatic nitrogens is 2. The number of hydrogen-bond donors (Lipinski definition) is 1. The minimum Gasteiger partial charge on any atom is -0.330 e. The van der Waals surface area contributed by atoms with Gasteiger partial charge in [-0.3, -0.25) is 14.2 Å². The Morgan fingerprint density at radius 3 is 3.04 bits per heavy atom. The smallest absolute Gasteiger partial charge is 0.262 e. The first-order chi connectivity index (χ1) is 13.1. The molecule has 0 fully saturated rings. The lowest BCUT2D eigenvalue weighted by molar-refractivity contribution is -0.119. The SMILES string of the molecule is NCC1Cc2cc(F)ccc2N(C(=O)CCn2cnc3sccc3c2=O)C1. The van der Waals surface area contributed by atoms with Gasteiger partial charge < -0.3 is 10.6 Å². The van der Waals surface area contributed by atoms with Gasteiger partial charge in [-0.15, -0.1) is 11.3 Å². The van der Waals surface area contributed by atoms with Gasteiger partial charge in [-0.2, -0.15) is 0 Å². The third-order valence-corrected chi connectivity index (χ3v) is 5.75. The molecule has 140 valence electrons. The summed E-state index contributed by atoms with van der Waals surface area (Å²) >= 11 is 1.41. The number of halogens is 1. The number of nitrogens with two attached hydrogens (primary N) is 1. The van der Waals surface area contributed by atoms with Crippen molar-refractivity contribution in [2.75, 3.05) is 18.0 Å². The summed E-state index contributed by atoms with van der Waals surface area (Å²) in [4.78, 5) is 31.9. The zero-order chi connectivity index (χ0) is 19.0. The van der Waals surface area contributed by atoms with Crippen LogP contribution in [0.5, 0.6) is 0 Å². The molecule has 3 heterocycles. The Morgan fingerprint density at radius 1 is 1.37 bits per heavy atom. The number of nitrogens with zero attached hydrogens (tertiary/aromatic N) is 3. The molecular formula is C19H19FN4O2S. The van der Waals surface area contributed by atoms with Crippen LogP contribution in [0.4, 0.5) is 10.1 Å². The van der Waals surface area contributed by atoms with E-state index >= 15 is 0 Å². The predicted octanol–water partition coefficient (Wildman–Crippen LogP) is 2.15. The number of amides is 1. The molecule has 1 aromatic carbocycles. The minimum absolute atomic E-state index is 0.0924. The molecule has 0 bridgehead atoms. The topological polar surface area (TPSA) is 81.2 Å². The molecule has 0 aliphatic carbocycles. The van der Waals surface area contributed by atoms with E-state index in [-0.39, 0.29) is 36.2 Å². The largest absolute Gasteiger partial charge is 0.330 e. The second-order valence-corrected chi connectivity index (χ2v) is 7.61. The summed E-state index contributed by atoms with van der Waals surface area (Å²) in [6, 6.07) is 6.21. The zero-order valence-electron chi connectivity index (χ0n) is 14.6. The van der Waals surface area contributed by atoms with E-state index in [0.717, 1.165) is 11.3 Å². The fraction of sp³-hybridized carbons (Fsp3) is 0.316. The van der Waals surface area contributed by atoms with Crippen molar-refractivity contribution >= 4 is 33.1 Å². The average molecular weight is 386 g/mol. The Bertz CT molecular complexity index is 1060. The average Bonchev–Trinajstić information content (AvgIpc) is 3.15. The lowest BCUT2D eigenvalue weighted by atomic mass is 9.92. The standard InChI is InChI=1S/C19H19FN4O2S/c20-14-1-2-16-13(8-14)7-12(9-21)10-24(16)17(25)3-5-23-11-22-18-15(19(23)26)4-6-27-18/h1-2,4,6,8,11-12H,3,5,7,9-10,21H2. The summed E-state index contributed by atoms with van der Waals surface area (Å²) in [6.07, 6.45) is 2.30. The molecule has 1 unspecified atom stereocenters. The van der Waals surface area contributed by atoms with Gasteiger partial charge in [-0.05, 0) is 54.1 Å². The molecule has 6 nitrogen and oxygen atoms in total. The van der Waals surface area contributed by atoms with Crippen LogP contribution in [-0.4, -0.2) is 28.5 Å². The van der Waals surface area contributed by atoms with E-state index in [0.29, 0.717) is 29.7 Å². The van der Waals surface area contributed by atoms with E-state index < -0.39 is 0 Å². The Kier molecular flexibility index (Phi) is 4.75. The fourth-order valence-electron chi connectivity index (χ4n) is 3.51. The zero-order valence-corrected chi connectivity index (χ0v) is 15.4. The van der Waals surface area contributed by atoms with Gasteiger partial charge in [0.2, 0.25) is 5.91 Å². The van der Waals surface area contributed by atoms with Crippen LogP contribution in [0, 0.1) is 11.7 Å². The van der Waals surface area contributed by atoms with Gasteiger partial charge >= 0.3 is 0 Å². The summed E-state index contributed by atoms with van der Waals surface area (Å²) in [5, 5.41) is 2.39. The molecule has 27 heavy (non-hydrogen) atoms. The Balaban J connectivity index is 1.55. The van der Waals surface area contributed by atoms with E-state index in [1.165, 1.54) is 34.4 Å². The van der Waals surface area contributed by atoms with Crippen LogP contribution in [0.25, 0.3) is 10.2 Å². The summed E-state index contributed by atoms with van der Waals surface area (Å²) in [7, 11) is 0. The summed E-state index contributed by atoms with van der Waals surface area (Å²) < 4.78 is 15.1. The quantitative estimate of drug-likeness (QED) is 0.745. The lowest BCUT2D eigenvalue weighted by Gasteiger charge is -2.34. The number of aryl methyl sites for hydroxylation is 1. The van der Waals surface area contributed by atoms with Crippen LogP contribution in [0.3, 0.4) is 0 Å². The third-order valence-electron chi connectivity index (χ3n) is 4.93. The fourth-order valence-corrected chi connectivity index (χ4v) is 4.23. The molecule has 2 aromatic heterocycles. The van der Waals surface area contributed by atoms with Crippen molar-refractivity contribution in [2.24, 2.45) is 11.7 Å². The molecule has 0 radical (unpaired) electrons. The molecule has 3 aromatic rings. The highest BCUT2D eigenvalue weighted by Crippen LogP contribution is 2.30. The van der Waals surface area contributed by atoms with Gasteiger partial charge in [0.15, 0.2) is 0 Å². The van der Waals surface area contributed by atoms with E-state index in [4.69, 9.17) is 5.73 Å². The van der Waals surface area contributed by atoms with Gasteiger partial charge in [0, 0.05) is 25.2 Å². The second-order valence-electron chi connectivity index (χ2n) is 6.72. The van der Waals surface area contributed by atoms with E-state index in [1.807, 2.05) is 5.38 Å². The van der Waals surface area contributed by atoms with E-state index in [9.17, 15) is 14.0 Å². The van der Waals surface area contributed by atoms with Crippen LogP contribution in [0.2, 0.25) is 0 Å². The van der Waals surface area contributed by atoms with Crippen LogP contribution >= 0.6 is 11.3 Å². The first-order valence-electron chi connectivity index (χ1n) is 8.78. The molecule has 0 saturated carbocycles.